The predicted octanol–water partition coefficient (Wildman–Crippen LogP) is 0.944. The first-order chi connectivity index (χ1) is 9.25. The number of piperazine rings is 1. The Morgan fingerprint density at radius 2 is 2.05 bits per heavy atom. The van der Waals surface area contributed by atoms with E-state index in [4.69, 9.17) is 4.74 Å². The van der Waals surface area contributed by atoms with E-state index in [1.54, 1.807) is 0 Å². The lowest BCUT2D eigenvalue weighted by Crippen LogP contribution is -2.64. The Morgan fingerprint density at radius 3 is 2.55 bits per heavy atom. The van der Waals surface area contributed by atoms with Gasteiger partial charge in [-0.3, -0.25) is 14.6 Å². The highest BCUT2D eigenvalue weighted by Crippen LogP contribution is 2.21. The lowest BCUT2D eigenvalue weighted by molar-refractivity contribution is -0.149. The Morgan fingerprint density at radius 1 is 1.40 bits per heavy atom. The van der Waals surface area contributed by atoms with Gasteiger partial charge >= 0.3 is 5.97 Å². The zero-order valence-electron chi connectivity index (χ0n) is 14.0. The van der Waals surface area contributed by atoms with Crippen LogP contribution in [0.15, 0.2) is 0 Å². The molecule has 0 amide bonds. The van der Waals surface area contributed by atoms with Crippen LogP contribution in [0.5, 0.6) is 0 Å². The first kappa shape index (κ1) is 17.4. The fourth-order valence-corrected chi connectivity index (χ4v) is 2.74. The molecule has 20 heavy (non-hydrogen) atoms. The maximum atomic E-state index is 12.1. The second kappa shape index (κ2) is 6.87. The van der Waals surface area contributed by atoms with E-state index in [1.807, 2.05) is 6.92 Å². The first-order valence-corrected chi connectivity index (χ1v) is 7.52. The van der Waals surface area contributed by atoms with Gasteiger partial charge in [-0.1, -0.05) is 6.92 Å². The van der Waals surface area contributed by atoms with Crippen LogP contribution < -0.4 is 5.32 Å². The molecule has 118 valence electrons. The summed E-state index contributed by atoms with van der Waals surface area (Å²) in [6, 6.07) is 0. The third kappa shape index (κ3) is 4.17. The van der Waals surface area contributed by atoms with Gasteiger partial charge in [0.2, 0.25) is 0 Å². The topological polar surface area (TPSA) is 44.8 Å². The average molecular weight is 285 g/mol. The molecule has 0 aromatic carbocycles. The summed E-state index contributed by atoms with van der Waals surface area (Å²) in [5, 5.41) is 3.35. The summed E-state index contributed by atoms with van der Waals surface area (Å²) in [5.74, 6) is -0.178. The van der Waals surface area contributed by atoms with Crippen LogP contribution in [0.25, 0.3) is 0 Å². The smallest absolute Gasteiger partial charge is 0.327 e. The Hall–Kier alpha value is -0.650. The van der Waals surface area contributed by atoms with E-state index in [0.29, 0.717) is 6.54 Å². The van der Waals surface area contributed by atoms with E-state index in [2.05, 4.69) is 42.9 Å². The molecule has 1 atom stereocenters. The van der Waals surface area contributed by atoms with Crippen molar-refractivity contribution in [3.63, 3.8) is 0 Å². The van der Waals surface area contributed by atoms with Gasteiger partial charge in [-0.05, 0) is 40.8 Å². The third-order valence-corrected chi connectivity index (χ3v) is 4.34. The Balaban J connectivity index is 2.72. The minimum Gasteiger partial charge on any atom is -0.468 e. The van der Waals surface area contributed by atoms with E-state index >= 15 is 0 Å². The largest absolute Gasteiger partial charge is 0.468 e. The van der Waals surface area contributed by atoms with Gasteiger partial charge in [-0.15, -0.1) is 0 Å². The summed E-state index contributed by atoms with van der Waals surface area (Å²) in [6.45, 7) is 13.0. The fourth-order valence-electron chi connectivity index (χ4n) is 2.74. The maximum absolute atomic E-state index is 12.1. The third-order valence-electron chi connectivity index (χ3n) is 4.34. The number of methoxy groups -OCH3 is 1. The molecular weight excluding hydrogens is 254 g/mol. The van der Waals surface area contributed by atoms with E-state index in [1.165, 1.54) is 7.11 Å². The summed E-state index contributed by atoms with van der Waals surface area (Å²) in [4.78, 5) is 16.9. The molecule has 0 saturated carbocycles. The molecule has 1 aliphatic heterocycles. The molecule has 0 aliphatic carbocycles. The first-order valence-electron chi connectivity index (χ1n) is 7.52. The van der Waals surface area contributed by atoms with Crippen molar-refractivity contribution in [2.24, 2.45) is 0 Å². The number of likely N-dealkylation sites (N-methyl/N-ethyl adjacent to an activating group) is 1. The maximum Gasteiger partial charge on any atom is 0.327 e. The summed E-state index contributed by atoms with van der Waals surface area (Å²) in [5.41, 5.74) is -0.489. The van der Waals surface area contributed by atoms with Crippen LogP contribution in [0.2, 0.25) is 0 Å². The van der Waals surface area contributed by atoms with Crippen LogP contribution in [-0.4, -0.2) is 73.7 Å². The lowest BCUT2D eigenvalue weighted by atomic mass is 9.96. The summed E-state index contributed by atoms with van der Waals surface area (Å²) >= 11 is 0. The van der Waals surface area contributed by atoms with Crippen LogP contribution in [0.3, 0.4) is 0 Å². The molecule has 0 aromatic heterocycles. The van der Waals surface area contributed by atoms with Crippen molar-refractivity contribution in [3.05, 3.63) is 0 Å². The number of esters is 1. The number of nitrogens with one attached hydrogen (secondary N) is 1. The van der Waals surface area contributed by atoms with Gasteiger partial charge in [-0.25, -0.2) is 0 Å². The van der Waals surface area contributed by atoms with Gasteiger partial charge in [0.25, 0.3) is 0 Å². The number of carbonyl (C=O) groups is 1. The number of hydrogen-bond donors (Lipinski definition) is 1. The molecule has 0 spiro atoms. The highest BCUT2D eigenvalue weighted by atomic mass is 16.5. The zero-order chi connectivity index (χ0) is 15.4. The molecule has 1 fully saturated rings. The predicted molar refractivity (Wildman–Crippen MR) is 81.9 cm³/mol. The molecule has 1 heterocycles. The van der Waals surface area contributed by atoms with Gasteiger partial charge in [0.05, 0.1) is 7.11 Å². The van der Waals surface area contributed by atoms with Crippen molar-refractivity contribution < 1.29 is 9.53 Å². The van der Waals surface area contributed by atoms with Crippen LogP contribution in [0.4, 0.5) is 0 Å². The second-order valence-electron chi connectivity index (χ2n) is 6.70. The molecule has 0 radical (unpaired) electrons. The number of nitrogens with zero attached hydrogens (tertiary/aromatic N) is 2. The summed E-state index contributed by atoms with van der Waals surface area (Å²) in [7, 11) is 3.62. The molecule has 1 rings (SSSR count). The van der Waals surface area contributed by atoms with Crippen LogP contribution in [-0.2, 0) is 9.53 Å². The van der Waals surface area contributed by atoms with E-state index in [9.17, 15) is 4.79 Å². The molecule has 1 saturated heterocycles. The van der Waals surface area contributed by atoms with Gasteiger partial charge in [0, 0.05) is 31.7 Å². The summed E-state index contributed by atoms with van der Waals surface area (Å²) < 4.78 is 4.99. The van der Waals surface area contributed by atoms with Gasteiger partial charge in [-0.2, -0.15) is 0 Å². The van der Waals surface area contributed by atoms with Crippen LogP contribution in [0.1, 0.15) is 34.1 Å². The number of carbonyl (C=O) groups excluding carboxylic acids is 1. The van der Waals surface area contributed by atoms with E-state index < -0.39 is 5.54 Å². The molecular formula is C15H31N3O2. The minimum absolute atomic E-state index is 0.139. The highest BCUT2D eigenvalue weighted by molar-refractivity contribution is 5.80. The van der Waals surface area contributed by atoms with Crippen molar-refractivity contribution in [1.29, 1.82) is 0 Å². The van der Waals surface area contributed by atoms with E-state index in [-0.39, 0.29) is 11.5 Å². The molecule has 1 aliphatic rings. The van der Waals surface area contributed by atoms with Crippen LogP contribution in [0, 0.1) is 0 Å². The van der Waals surface area contributed by atoms with Crippen molar-refractivity contribution in [1.82, 2.24) is 15.1 Å². The standard InChI is InChI=1S/C15H31N3O2/c1-7-8-16-15(4,13(19)20-6)12-18-10-9-17(5)14(2,3)11-18/h16H,7-12H2,1-6H3. The minimum atomic E-state index is -0.628. The number of hydrogen-bond acceptors (Lipinski definition) is 5. The Labute approximate surface area is 123 Å². The quantitative estimate of drug-likeness (QED) is 0.736. The van der Waals surface area contributed by atoms with Crippen LogP contribution >= 0.6 is 0 Å². The second-order valence-corrected chi connectivity index (χ2v) is 6.70. The SMILES string of the molecule is CCCNC(C)(CN1CCN(C)C(C)(C)C1)C(=O)OC. The van der Waals surface area contributed by atoms with Crippen molar-refractivity contribution in [3.8, 4) is 0 Å². The zero-order valence-corrected chi connectivity index (χ0v) is 14.0. The normalized spacial score (nSPS) is 23.3. The molecule has 1 unspecified atom stereocenters. The van der Waals surface area contributed by atoms with Gasteiger partial charge < -0.3 is 10.1 Å². The summed E-state index contributed by atoms with van der Waals surface area (Å²) in [6.07, 6.45) is 1.00. The average Bonchev–Trinajstić information content (AvgIpc) is 2.39. The highest BCUT2D eigenvalue weighted by Gasteiger charge is 2.39. The van der Waals surface area contributed by atoms with Crippen molar-refractivity contribution >= 4 is 5.97 Å². The Bertz CT molecular complexity index is 333. The van der Waals surface area contributed by atoms with E-state index in [0.717, 1.165) is 32.6 Å². The Kier molecular flexibility index (Phi) is 5.98. The monoisotopic (exact) mass is 285 g/mol. The number of rotatable bonds is 6. The fraction of sp³-hybridized carbons (Fsp3) is 0.933. The van der Waals surface area contributed by atoms with Gasteiger partial charge in [0.15, 0.2) is 0 Å². The molecule has 0 aromatic rings. The van der Waals surface area contributed by atoms with Gasteiger partial charge in [0.1, 0.15) is 5.54 Å². The van der Waals surface area contributed by atoms with Crippen molar-refractivity contribution in [2.45, 2.75) is 45.2 Å². The molecule has 1 N–H and O–H groups in total. The molecule has 0 bridgehead atoms. The number of ether oxygens (including phenoxy) is 1. The molecule has 5 heteroatoms. The van der Waals surface area contributed by atoms with Crippen molar-refractivity contribution in [2.75, 3.05) is 46.9 Å². The molecule has 5 nitrogen and oxygen atoms in total. The lowest BCUT2D eigenvalue weighted by Gasteiger charge is -2.47.